The molecule has 4 heteroatoms. The lowest BCUT2D eigenvalue weighted by Crippen LogP contribution is -2.45. The van der Waals surface area contributed by atoms with Crippen molar-refractivity contribution in [2.24, 2.45) is 0 Å². The molecule has 102 valence electrons. The molecule has 2 atom stereocenters. The number of rotatable bonds is 3. The van der Waals surface area contributed by atoms with Gasteiger partial charge in [-0.2, -0.15) is 0 Å². The Labute approximate surface area is 117 Å². The van der Waals surface area contributed by atoms with Gasteiger partial charge in [-0.05, 0) is 35.2 Å². The third kappa shape index (κ3) is 2.67. The number of piperidine rings is 1. The van der Waals surface area contributed by atoms with Crippen LogP contribution >= 0.6 is 11.3 Å². The zero-order valence-corrected chi connectivity index (χ0v) is 11.6. The fourth-order valence-electron chi connectivity index (χ4n) is 2.85. The highest BCUT2D eigenvalue weighted by Crippen LogP contribution is 2.28. The molecule has 2 N–H and O–H groups in total. The summed E-state index contributed by atoms with van der Waals surface area (Å²) in [6, 6.07) is 8.53. The minimum Gasteiger partial charge on any atom is -0.395 e. The molecular weight excluding hydrogens is 258 g/mol. The number of fused-ring (bicyclic) bond motifs is 1. The molecular formula is C15H19NO2S. The van der Waals surface area contributed by atoms with Crippen LogP contribution in [0.25, 0.3) is 10.1 Å². The molecule has 1 aromatic heterocycles. The lowest BCUT2D eigenvalue weighted by Gasteiger charge is -2.36. The molecule has 19 heavy (non-hydrogen) atoms. The van der Waals surface area contributed by atoms with Crippen molar-refractivity contribution in [2.45, 2.75) is 31.5 Å². The van der Waals surface area contributed by atoms with Crippen LogP contribution in [0.3, 0.4) is 0 Å². The molecule has 3 nitrogen and oxygen atoms in total. The van der Waals surface area contributed by atoms with Gasteiger partial charge in [0.1, 0.15) is 0 Å². The van der Waals surface area contributed by atoms with Gasteiger partial charge in [-0.15, -0.1) is 11.3 Å². The summed E-state index contributed by atoms with van der Waals surface area (Å²) in [5.41, 5.74) is 1.33. The molecule has 2 unspecified atom stereocenters. The monoisotopic (exact) mass is 277 g/mol. The highest BCUT2D eigenvalue weighted by atomic mass is 32.1. The lowest BCUT2D eigenvalue weighted by molar-refractivity contribution is 0.0131. The van der Waals surface area contributed by atoms with Crippen LogP contribution in [0.15, 0.2) is 29.6 Å². The maximum absolute atomic E-state index is 9.69. The van der Waals surface area contributed by atoms with E-state index >= 15 is 0 Å². The molecule has 0 radical (unpaired) electrons. The van der Waals surface area contributed by atoms with E-state index in [9.17, 15) is 10.2 Å². The van der Waals surface area contributed by atoms with E-state index in [2.05, 4.69) is 34.5 Å². The molecule has 2 aromatic rings. The number of nitrogens with zero attached hydrogens (tertiary/aromatic N) is 1. The second kappa shape index (κ2) is 5.59. The van der Waals surface area contributed by atoms with Crippen molar-refractivity contribution in [3.8, 4) is 0 Å². The zero-order chi connectivity index (χ0) is 13.2. The van der Waals surface area contributed by atoms with Gasteiger partial charge in [-0.25, -0.2) is 0 Å². The molecule has 1 aromatic carbocycles. The minimum absolute atomic E-state index is 0.0856. The molecule has 1 aliphatic rings. The Hall–Kier alpha value is -0.940. The number of hydrogen-bond acceptors (Lipinski definition) is 4. The number of aliphatic hydroxyl groups is 2. The average molecular weight is 277 g/mol. The molecule has 2 heterocycles. The summed E-state index contributed by atoms with van der Waals surface area (Å²) in [5, 5.41) is 22.7. The summed E-state index contributed by atoms with van der Waals surface area (Å²) >= 11 is 1.77. The van der Waals surface area contributed by atoms with E-state index in [-0.39, 0.29) is 18.8 Å². The van der Waals surface area contributed by atoms with Gasteiger partial charge in [-0.1, -0.05) is 18.2 Å². The molecule has 1 fully saturated rings. The van der Waals surface area contributed by atoms with E-state index in [1.807, 2.05) is 0 Å². The Balaban J connectivity index is 1.80. The number of thiophene rings is 1. The Bertz CT molecular complexity index is 554. The average Bonchev–Trinajstić information content (AvgIpc) is 2.84. The second-order valence-electron chi connectivity index (χ2n) is 5.24. The SMILES string of the molecule is OCC1CC(O)CCN1Cc1csc2ccccc12. The van der Waals surface area contributed by atoms with Crippen molar-refractivity contribution in [2.75, 3.05) is 13.2 Å². The Kier molecular flexibility index (Phi) is 3.84. The van der Waals surface area contributed by atoms with Crippen molar-refractivity contribution < 1.29 is 10.2 Å². The van der Waals surface area contributed by atoms with E-state index in [4.69, 9.17) is 0 Å². The van der Waals surface area contributed by atoms with Gasteiger partial charge < -0.3 is 10.2 Å². The molecule has 1 saturated heterocycles. The number of likely N-dealkylation sites (tertiary alicyclic amines) is 1. The maximum atomic E-state index is 9.69. The topological polar surface area (TPSA) is 43.7 Å². The molecule has 0 bridgehead atoms. The number of aliphatic hydroxyl groups excluding tert-OH is 2. The van der Waals surface area contributed by atoms with Gasteiger partial charge in [0.2, 0.25) is 0 Å². The van der Waals surface area contributed by atoms with Crippen LogP contribution in [-0.4, -0.2) is 40.4 Å². The van der Waals surface area contributed by atoms with E-state index in [1.165, 1.54) is 15.6 Å². The molecule has 0 amide bonds. The van der Waals surface area contributed by atoms with E-state index < -0.39 is 0 Å². The van der Waals surface area contributed by atoms with Gasteiger partial charge >= 0.3 is 0 Å². The highest BCUT2D eigenvalue weighted by molar-refractivity contribution is 7.17. The van der Waals surface area contributed by atoms with Crippen LogP contribution < -0.4 is 0 Å². The standard InChI is InChI=1S/C15H19NO2S/c17-9-12-7-13(18)5-6-16(12)8-11-10-19-15-4-2-1-3-14(11)15/h1-4,10,12-13,17-18H,5-9H2. The number of benzene rings is 1. The smallest absolute Gasteiger partial charge is 0.0587 e. The molecule has 0 saturated carbocycles. The predicted molar refractivity (Wildman–Crippen MR) is 78.3 cm³/mol. The van der Waals surface area contributed by atoms with Crippen LogP contribution in [0, 0.1) is 0 Å². The first-order valence-electron chi connectivity index (χ1n) is 6.76. The van der Waals surface area contributed by atoms with Crippen LogP contribution in [0.4, 0.5) is 0 Å². The quantitative estimate of drug-likeness (QED) is 0.904. The van der Waals surface area contributed by atoms with Gasteiger partial charge in [-0.3, -0.25) is 4.90 Å². The van der Waals surface area contributed by atoms with Gasteiger partial charge in [0.15, 0.2) is 0 Å². The van der Waals surface area contributed by atoms with E-state index in [1.54, 1.807) is 11.3 Å². The van der Waals surface area contributed by atoms with Gasteiger partial charge in [0.25, 0.3) is 0 Å². The van der Waals surface area contributed by atoms with E-state index in [0.29, 0.717) is 6.42 Å². The van der Waals surface area contributed by atoms with Gasteiger partial charge in [0, 0.05) is 23.8 Å². The summed E-state index contributed by atoms with van der Waals surface area (Å²) in [6.07, 6.45) is 1.23. The van der Waals surface area contributed by atoms with Crippen LogP contribution in [0.1, 0.15) is 18.4 Å². The summed E-state index contributed by atoms with van der Waals surface area (Å²) in [5.74, 6) is 0. The minimum atomic E-state index is -0.257. The highest BCUT2D eigenvalue weighted by Gasteiger charge is 2.27. The van der Waals surface area contributed by atoms with Crippen molar-refractivity contribution in [3.63, 3.8) is 0 Å². The fraction of sp³-hybridized carbons (Fsp3) is 0.467. The fourth-order valence-corrected chi connectivity index (χ4v) is 3.80. The van der Waals surface area contributed by atoms with Crippen LogP contribution in [0.5, 0.6) is 0 Å². The van der Waals surface area contributed by atoms with E-state index in [0.717, 1.165) is 19.5 Å². The van der Waals surface area contributed by atoms with Gasteiger partial charge in [0.05, 0.1) is 12.7 Å². The Morgan fingerprint density at radius 2 is 2.16 bits per heavy atom. The first-order valence-corrected chi connectivity index (χ1v) is 7.64. The lowest BCUT2D eigenvalue weighted by atomic mass is 9.99. The maximum Gasteiger partial charge on any atom is 0.0587 e. The normalized spacial score (nSPS) is 24.9. The van der Waals surface area contributed by atoms with Crippen molar-refractivity contribution in [1.82, 2.24) is 4.90 Å². The summed E-state index contributed by atoms with van der Waals surface area (Å²) in [7, 11) is 0. The Morgan fingerprint density at radius 3 is 3.00 bits per heavy atom. The third-order valence-corrected chi connectivity index (χ3v) is 4.97. The van der Waals surface area contributed by atoms with Crippen molar-refractivity contribution in [1.29, 1.82) is 0 Å². The molecule has 0 aliphatic carbocycles. The second-order valence-corrected chi connectivity index (χ2v) is 6.15. The first kappa shape index (κ1) is 13.1. The molecule has 0 spiro atoms. The number of hydrogen-bond donors (Lipinski definition) is 2. The first-order chi connectivity index (χ1) is 9.28. The summed E-state index contributed by atoms with van der Waals surface area (Å²) < 4.78 is 1.31. The summed E-state index contributed by atoms with van der Waals surface area (Å²) in [6.45, 7) is 1.84. The molecule has 1 aliphatic heterocycles. The predicted octanol–water partition coefficient (Wildman–Crippen LogP) is 2.22. The molecule has 3 rings (SSSR count). The third-order valence-electron chi connectivity index (χ3n) is 3.96. The zero-order valence-electron chi connectivity index (χ0n) is 10.8. The Morgan fingerprint density at radius 1 is 1.32 bits per heavy atom. The van der Waals surface area contributed by atoms with Crippen LogP contribution in [-0.2, 0) is 6.54 Å². The van der Waals surface area contributed by atoms with Crippen molar-refractivity contribution in [3.05, 3.63) is 35.2 Å². The van der Waals surface area contributed by atoms with Crippen molar-refractivity contribution >= 4 is 21.4 Å². The van der Waals surface area contributed by atoms with Crippen LogP contribution in [0.2, 0.25) is 0 Å². The largest absolute Gasteiger partial charge is 0.395 e. The summed E-state index contributed by atoms with van der Waals surface area (Å²) in [4.78, 5) is 2.29.